The van der Waals surface area contributed by atoms with Crippen LogP contribution in [0.4, 0.5) is 10.5 Å². The highest BCUT2D eigenvalue weighted by Crippen LogP contribution is 2.28. The van der Waals surface area contributed by atoms with Crippen LogP contribution < -0.4 is 15.4 Å². The molecule has 3 amide bonds. The maximum atomic E-state index is 14.4. The number of anilines is 1. The van der Waals surface area contributed by atoms with Crippen LogP contribution in [0.2, 0.25) is 0 Å². The summed E-state index contributed by atoms with van der Waals surface area (Å²) in [5, 5.41) is 5.78. The van der Waals surface area contributed by atoms with Crippen LogP contribution in [0.3, 0.4) is 0 Å². The molecule has 0 heterocycles. The van der Waals surface area contributed by atoms with Crippen molar-refractivity contribution in [2.75, 3.05) is 19.0 Å². The van der Waals surface area contributed by atoms with Gasteiger partial charge in [-0.3, -0.25) is 9.59 Å². The van der Waals surface area contributed by atoms with Crippen LogP contribution in [0.1, 0.15) is 97.2 Å². The summed E-state index contributed by atoms with van der Waals surface area (Å²) in [5.41, 5.74) is 1.34. The summed E-state index contributed by atoms with van der Waals surface area (Å²) >= 11 is 0. The normalized spacial score (nSPS) is 12.7. The Balaban J connectivity index is 2.52. The average molecular weight is 594 g/mol. The number of hydrogen-bond donors (Lipinski definition) is 2. The minimum absolute atomic E-state index is 0.253. The van der Waals surface area contributed by atoms with Crippen molar-refractivity contribution in [1.29, 1.82) is 0 Å². The van der Waals surface area contributed by atoms with E-state index < -0.39 is 23.8 Å². The lowest BCUT2D eigenvalue weighted by Crippen LogP contribution is -2.54. The summed E-state index contributed by atoms with van der Waals surface area (Å²) in [6.45, 7) is 15.5. The van der Waals surface area contributed by atoms with E-state index >= 15 is 0 Å². The molecule has 0 saturated heterocycles. The van der Waals surface area contributed by atoms with E-state index in [2.05, 4.69) is 24.1 Å². The molecule has 43 heavy (non-hydrogen) atoms. The number of benzene rings is 2. The van der Waals surface area contributed by atoms with Gasteiger partial charge >= 0.3 is 6.09 Å². The maximum absolute atomic E-state index is 14.4. The van der Waals surface area contributed by atoms with Gasteiger partial charge in [0.1, 0.15) is 23.4 Å². The Morgan fingerprint density at radius 1 is 0.977 bits per heavy atom. The third-order valence-corrected chi connectivity index (χ3v) is 7.02. The summed E-state index contributed by atoms with van der Waals surface area (Å²) in [7, 11) is 1.58. The van der Waals surface area contributed by atoms with Crippen LogP contribution in [0, 0.1) is 5.92 Å². The van der Waals surface area contributed by atoms with E-state index in [1.54, 1.807) is 63.1 Å². The first-order valence-corrected chi connectivity index (χ1v) is 15.4. The number of hydrogen-bond acceptors (Lipinski definition) is 5. The number of carbonyl (C=O) groups excluding carboxylic acids is 3. The van der Waals surface area contributed by atoms with Crippen molar-refractivity contribution in [3.63, 3.8) is 0 Å². The fourth-order valence-corrected chi connectivity index (χ4v) is 4.77. The molecular weight excluding hydrogens is 542 g/mol. The predicted octanol–water partition coefficient (Wildman–Crippen LogP) is 7.76. The van der Waals surface area contributed by atoms with Gasteiger partial charge in [-0.25, -0.2) is 4.79 Å². The molecule has 236 valence electrons. The predicted molar refractivity (Wildman–Crippen MR) is 174 cm³/mol. The van der Waals surface area contributed by atoms with Gasteiger partial charge in [0.15, 0.2) is 0 Å². The number of ether oxygens (including phenoxy) is 2. The van der Waals surface area contributed by atoms with E-state index in [1.807, 2.05) is 38.1 Å². The van der Waals surface area contributed by atoms with E-state index in [0.717, 1.165) is 37.7 Å². The molecule has 2 unspecified atom stereocenters. The summed E-state index contributed by atoms with van der Waals surface area (Å²) in [6, 6.07) is 12.7. The standard InChI is InChI=1S/C35H51N3O5/c1-9-11-12-13-14-15-23-38(33(40)30(25(3)4)37-34(41)43-35(5,6)7)31(27-18-16-17-26(10-2)24-27)32(39)36-28-19-21-29(42-8)22-20-28/h10,16-22,24-25,30-31H,2,9,11-15,23H2,1,3-8H3,(H,36,39)(H,37,41). The van der Waals surface area contributed by atoms with Crippen molar-refractivity contribution < 1.29 is 23.9 Å². The molecule has 0 aliphatic carbocycles. The zero-order chi connectivity index (χ0) is 32.0. The van der Waals surface area contributed by atoms with Gasteiger partial charge in [0.25, 0.3) is 5.91 Å². The molecule has 8 heteroatoms. The monoisotopic (exact) mass is 593 g/mol. The fraction of sp³-hybridized carbons (Fsp3) is 0.514. The fourth-order valence-electron chi connectivity index (χ4n) is 4.77. The molecule has 2 N–H and O–H groups in total. The van der Waals surface area contributed by atoms with Gasteiger partial charge in [-0.05, 0) is 74.6 Å². The second kappa shape index (κ2) is 17.3. The largest absolute Gasteiger partial charge is 0.497 e. The second-order valence-electron chi connectivity index (χ2n) is 12.2. The molecule has 0 radical (unpaired) electrons. The summed E-state index contributed by atoms with van der Waals surface area (Å²) in [6.07, 6.45) is 7.17. The zero-order valence-electron chi connectivity index (χ0n) is 27.1. The minimum atomic E-state index is -0.952. The van der Waals surface area contributed by atoms with Gasteiger partial charge in [-0.15, -0.1) is 0 Å². The van der Waals surface area contributed by atoms with E-state index in [9.17, 15) is 14.4 Å². The molecule has 0 saturated carbocycles. The number of methoxy groups -OCH3 is 1. The van der Waals surface area contributed by atoms with E-state index in [0.29, 0.717) is 23.5 Å². The Hall–Kier alpha value is -3.81. The highest BCUT2D eigenvalue weighted by molar-refractivity contribution is 5.99. The first kappa shape index (κ1) is 35.4. The lowest BCUT2D eigenvalue weighted by molar-refractivity contribution is -0.141. The van der Waals surface area contributed by atoms with Gasteiger partial charge < -0.3 is 25.0 Å². The first-order valence-electron chi connectivity index (χ1n) is 15.4. The molecule has 0 spiro atoms. The molecule has 0 bridgehead atoms. The highest BCUT2D eigenvalue weighted by atomic mass is 16.6. The first-order chi connectivity index (χ1) is 20.4. The molecule has 8 nitrogen and oxygen atoms in total. The SMILES string of the molecule is C=Cc1cccc(C(C(=O)Nc2ccc(OC)cc2)N(CCCCCCCC)C(=O)C(NC(=O)OC(C)(C)C)C(C)C)c1. The van der Waals surface area contributed by atoms with Crippen LogP contribution in [0.5, 0.6) is 5.75 Å². The summed E-state index contributed by atoms with van der Waals surface area (Å²) in [4.78, 5) is 42.9. The molecule has 0 aliphatic heterocycles. The van der Waals surface area contributed by atoms with Gasteiger partial charge in [-0.1, -0.05) is 83.7 Å². The van der Waals surface area contributed by atoms with Crippen molar-refractivity contribution in [3.05, 3.63) is 66.2 Å². The number of amides is 3. The lowest BCUT2D eigenvalue weighted by atomic mass is 9.97. The highest BCUT2D eigenvalue weighted by Gasteiger charge is 2.37. The Morgan fingerprint density at radius 2 is 1.63 bits per heavy atom. The molecule has 2 rings (SSSR count). The molecular formula is C35H51N3O5. The number of nitrogens with one attached hydrogen (secondary N) is 2. The molecule has 2 aromatic rings. The van der Waals surface area contributed by atoms with Crippen LogP contribution in [-0.4, -0.2) is 48.1 Å². The Bertz CT molecular complexity index is 1190. The minimum Gasteiger partial charge on any atom is -0.497 e. The second-order valence-corrected chi connectivity index (χ2v) is 12.2. The van der Waals surface area contributed by atoms with Crippen molar-refractivity contribution in [2.45, 2.75) is 97.8 Å². The Labute approximate surface area is 258 Å². The third-order valence-electron chi connectivity index (χ3n) is 7.02. The molecule has 2 aromatic carbocycles. The number of alkyl carbamates (subject to hydrolysis) is 1. The van der Waals surface area contributed by atoms with Gasteiger partial charge in [0.2, 0.25) is 5.91 Å². The van der Waals surface area contributed by atoms with Crippen molar-refractivity contribution in [1.82, 2.24) is 10.2 Å². The van der Waals surface area contributed by atoms with Gasteiger partial charge in [0.05, 0.1) is 7.11 Å². The van der Waals surface area contributed by atoms with Crippen molar-refractivity contribution in [2.24, 2.45) is 5.92 Å². The van der Waals surface area contributed by atoms with Crippen molar-refractivity contribution in [3.8, 4) is 5.75 Å². The number of nitrogens with zero attached hydrogens (tertiary/aromatic N) is 1. The molecule has 0 aliphatic rings. The summed E-state index contributed by atoms with van der Waals surface area (Å²) < 4.78 is 10.7. The van der Waals surface area contributed by atoms with E-state index in [4.69, 9.17) is 9.47 Å². The number of rotatable bonds is 16. The van der Waals surface area contributed by atoms with E-state index in [-0.39, 0.29) is 17.7 Å². The Morgan fingerprint density at radius 3 is 2.21 bits per heavy atom. The van der Waals surface area contributed by atoms with Crippen LogP contribution >= 0.6 is 0 Å². The molecule has 0 aromatic heterocycles. The quantitative estimate of drug-likeness (QED) is 0.194. The average Bonchev–Trinajstić information content (AvgIpc) is 2.96. The van der Waals surface area contributed by atoms with Gasteiger partial charge in [-0.2, -0.15) is 0 Å². The van der Waals surface area contributed by atoms with Crippen LogP contribution in [0.15, 0.2) is 55.1 Å². The molecule has 0 fully saturated rings. The van der Waals surface area contributed by atoms with Crippen molar-refractivity contribution >= 4 is 29.7 Å². The molecule has 2 atom stereocenters. The third kappa shape index (κ3) is 11.8. The topological polar surface area (TPSA) is 97.0 Å². The zero-order valence-corrected chi connectivity index (χ0v) is 27.1. The smallest absolute Gasteiger partial charge is 0.408 e. The van der Waals surface area contributed by atoms with Crippen LogP contribution in [0.25, 0.3) is 6.08 Å². The number of unbranched alkanes of at least 4 members (excludes halogenated alkanes) is 5. The van der Waals surface area contributed by atoms with Crippen LogP contribution in [-0.2, 0) is 14.3 Å². The van der Waals surface area contributed by atoms with E-state index in [1.165, 1.54) is 6.42 Å². The Kier molecular flexibility index (Phi) is 14.3. The number of carbonyl (C=O) groups is 3. The maximum Gasteiger partial charge on any atom is 0.408 e. The lowest BCUT2D eigenvalue weighted by Gasteiger charge is -2.35. The summed E-state index contributed by atoms with van der Waals surface area (Å²) in [5.74, 6) is -0.281. The van der Waals surface area contributed by atoms with Gasteiger partial charge in [0, 0.05) is 12.2 Å².